The van der Waals surface area contributed by atoms with E-state index in [0.29, 0.717) is 52.9 Å². The second kappa shape index (κ2) is 9.38. The highest BCUT2D eigenvalue weighted by molar-refractivity contribution is 6.01. The summed E-state index contributed by atoms with van der Waals surface area (Å²) in [4.78, 5) is 17.3. The van der Waals surface area contributed by atoms with Crippen molar-refractivity contribution in [2.24, 2.45) is 0 Å². The Labute approximate surface area is 224 Å². The van der Waals surface area contributed by atoms with Gasteiger partial charge >= 0.3 is 12.2 Å². The van der Waals surface area contributed by atoms with Crippen LogP contribution in [-0.2, 0) is 6.18 Å². The van der Waals surface area contributed by atoms with Crippen LogP contribution < -0.4 is 15.0 Å². The molecule has 7 rings (SSSR count). The number of H-pyrrole nitrogens is 1. The van der Waals surface area contributed by atoms with Gasteiger partial charge in [-0.3, -0.25) is 0 Å². The van der Waals surface area contributed by atoms with Crippen molar-refractivity contribution in [2.45, 2.75) is 50.0 Å². The summed E-state index contributed by atoms with van der Waals surface area (Å²) in [6.07, 6.45) is 1.70. The maximum atomic E-state index is 13.9. The number of nitrogens with zero attached hydrogens (tertiary/aromatic N) is 4. The minimum absolute atomic E-state index is 0.165. The van der Waals surface area contributed by atoms with Crippen molar-refractivity contribution >= 4 is 27.6 Å². The van der Waals surface area contributed by atoms with Crippen LogP contribution in [0, 0.1) is 0 Å². The van der Waals surface area contributed by atoms with Gasteiger partial charge in [-0.15, -0.1) is 0 Å². The predicted octanol–water partition coefficient (Wildman–Crippen LogP) is 5.21. The molecule has 0 amide bonds. The summed E-state index contributed by atoms with van der Waals surface area (Å²) < 4.78 is 47.9. The number of hydrogen-bond donors (Lipinski definition) is 2. The van der Waals surface area contributed by atoms with E-state index < -0.39 is 11.7 Å². The molecule has 5 heterocycles. The second-order valence-corrected chi connectivity index (χ2v) is 11.1. The zero-order valence-corrected chi connectivity index (χ0v) is 21.8. The highest BCUT2D eigenvalue weighted by Gasteiger charge is 2.35. The molecule has 3 aliphatic rings. The van der Waals surface area contributed by atoms with E-state index in [9.17, 15) is 13.2 Å². The lowest BCUT2D eigenvalue weighted by atomic mass is 9.99. The number of likely N-dealkylation sites (tertiary alicyclic amines) is 1. The Kier molecular flexibility index (Phi) is 5.93. The lowest BCUT2D eigenvalue weighted by molar-refractivity contribution is -0.136. The van der Waals surface area contributed by atoms with Crippen molar-refractivity contribution in [3.8, 4) is 17.1 Å². The quantitative estimate of drug-likeness (QED) is 0.365. The number of alkyl halides is 3. The number of likely N-dealkylation sites (N-methyl/N-ethyl adjacent to an activating group) is 1. The topological polar surface area (TPSA) is 69.3 Å². The minimum atomic E-state index is -4.46. The first-order valence-corrected chi connectivity index (χ1v) is 13.7. The van der Waals surface area contributed by atoms with Crippen molar-refractivity contribution in [3.05, 3.63) is 48.2 Å². The SMILES string of the molecule is CN1CCC[C@H]1COc1nc(N2CC3CCC(C2)N3)c2ccc(-c3c[nH]c4cccc(C(F)(F)F)c34)cc2n1. The summed E-state index contributed by atoms with van der Waals surface area (Å²) in [5.74, 6) is 0.828. The number of piperazine rings is 1. The number of anilines is 1. The Balaban J connectivity index is 1.32. The molecule has 3 atom stereocenters. The summed E-state index contributed by atoms with van der Waals surface area (Å²) >= 11 is 0. The second-order valence-electron chi connectivity index (χ2n) is 11.1. The fraction of sp³-hybridized carbons (Fsp3) is 0.448. The van der Waals surface area contributed by atoms with Crippen LogP contribution in [0.4, 0.5) is 19.0 Å². The third-order valence-electron chi connectivity index (χ3n) is 8.57. The van der Waals surface area contributed by atoms with E-state index in [0.717, 1.165) is 62.6 Å². The smallest absolute Gasteiger partial charge is 0.417 e. The molecule has 2 unspecified atom stereocenters. The van der Waals surface area contributed by atoms with Gasteiger partial charge in [0.15, 0.2) is 0 Å². The molecule has 3 aliphatic heterocycles. The normalized spacial score (nSPS) is 23.8. The molecule has 0 aliphatic carbocycles. The average Bonchev–Trinajstić information content (AvgIpc) is 3.63. The molecule has 2 bridgehead atoms. The molecule has 10 heteroatoms. The summed E-state index contributed by atoms with van der Waals surface area (Å²) in [6.45, 7) is 3.26. The van der Waals surface area contributed by atoms with Gasteiger partial charge in [0.25, 0.3) is 0 Å². The summed E-state index contributed by atoms with van der Waals surface area (Å²) in [7, 11) is 2.10. The molecule has 204 valence electrons. The molecular formula is C29H31F3N6O. The molecule has 2 aromatic heterocycles. The monoisotopic (exact) mass is 536 g/mol. The van der Waals surface area contributed by atoms with Crippen LogP contribution in [0.1, 0.15) is 31.2 Å². The Morgan fingerprint density at radius 1 is 1.05 bits per heavy atom. The van der Waals surface area contributed by atoms with Crippen LogP contribution in [0.2, 0.25) is 0 Å². The third kappa shape index (κ3) is 4.49. The number of fused-ring (bicyclic) bond motifs is 4. The van der Waals surface area contributed by atoms with E-state index in [1.54, 1.807) is 12.3 Å². The maximum absolute atomic E-state index is 13.9. The highest BCUT2D eigenvalue weighted by Crippen LogP contribution is 2.41. The Bertz CT molecular complexity index is 1520. The van der Waals surface area contributed by atoms with Crippen LogP contribution >= 0.6 is 0 Å². The largest absolute Gasteiger partial charge is 0.462 e. The zero-order valence-electron chi connectivity index (χ0n) is 21.8. The van der Waals surface area contributed by atoms with Crippen molar-refractivity contribution in [1.82, 2.24) is 25.2 Å². The lowest BCUT2D eigenvalue weighted by Crippen LogP contribution is -2.51. The number of nitrogens with one attached hydrogen (secondary N) is 2. The molecule has 0 spiro atoms. The number of rotatable bonds is 5. The van der Waals surface area contributed by atoms with Crippen molar-refractivity contribution < 1.29 is 17.9 Å². The number of benzene rings is 2. The number of hydrogen-bond acceptors (Lipinski definition) is 6. The van der Waals surface area contributed by atoms with Gasteiger partial charge in [0, 0.05) is 59.3 Å². The zero-order chi connectivity index (χ0) is 26.7. The molecule has 7 nitrogen and oxygen atoms in total. The first-order chi connectivity index (χ1) is 18.8. The van der Waals surface area contributed by atoms with Gasteiger partial charge in [0.1, 0.15) is 12.4 Å². The van der Waals surface area contributed by atoms with E-state index in [-0.39, 0.29) is 5.39 Å². The van der Waals surface area contributed by atoms with Gasteiger partial charge in [-0.25, -0.2) is 0 Å². The van der Waals surface area contributed by atoms with Crippen LogP contribution in [-0.4, -0.2) is 71.3 Å². The molecule has 39 heavy (non-hydrogen) atoms. The standard InChI is InChI=1S/C29H31F3N6O/c1-37-11-3-4-20(37)16-39-28-35-25-12-17(22-13-33-24-6-2-5-23(26(22)24)29(30,31)32)7-10-21(25)27(36-28)38-14-18-8-9-19(15-38)34-18/h2,5-7,10,12-13,18-20,33-34H,3-4,8-9,11,14-16H2,1H3/t18?,19?,20-/m0/s1. The van der Waals surface area contributed by atoms with E-state index in [4.69, 9.17) is 14.7 Å². The molecule has 3 saturated heterocycles. The van der Waals surface area contributed by atoms with Gasteiger partial charge in [0.05, 0.1) is 11.1 Å². The first kappa shape index (κ1) is 24.7. The lowest BCUT2D eigenvalue weighted by Gasteiger charge is -2.34. The summed E-state index contributed by atoms with van der Waals surface area (Å²) in [5, 5.41) is 4.71. The van der Waals surface area contributed by atoms with Gasteiger partial charge in [-0.05, 0) is 69.1 Å². The van der Waals surface area contributed by atoms with E-state index in [2.05, 4.69) is 27.1 Å². The summed E-state index contributed by atoms with van der Waals surface area (Å²) in [5.41, 5.74) is 1.62. The summed E-state index contributed by atoms with van der Waals surface area (Å²) in [6, 6.07) is 11.4. The fourth-order valence-electron chi connectivity index (χ4n) is 6.54. The number of halogens is 3. The van der Waals surface area contributed by atoms with Gasteiger partial charge in [-0.1, -0.05) is 12.1 Å². The highest BCUT2D eigenvalue weighted by atomic mass is 19.4. The molecule has 4 aromatic rings. The van der Waals surface area contributed by atoms with Gasteiger partial charge < -0.3 is 24.8 Å². The van der Waals surface area contributed by atoms with Crippen LogP contribution in [0.15, 0.2) is 42.6 Å². The minimum Gasteiger partial charge on any atom is -0.462 e. The van der Waals surface area contributed by atoms with Crippen molar-refractivity contribution in [3.63, 3.8) is 0 Å². The number of aromatic amines is 1. The third-order valence-corrected chi connectivity index (χ3v) is 8.57. The molecule has 2 N–H and O–H groups in total. The molecule has 0 radical (unpaired) electrons. The molecule has 3 fully saturated rings. The molecule has 0 saturated carbocycles. The van der Waals surface area contributed by atoms with E-state index >= 15 is 0 Å². The molecular weight excluding hydrogens is 505 g/mol. The van der Waals surface area contributed by atoms with Gasteiger partial charge in [0.2, 0.25) is 0 Å². The van der Waals surface area contributed by atoms with Gasteiger partial charge in [-0.2, -0.15) is 23.1 Å². The molecule has 2 aromatic carbocycles. The average molecular weight is 537 g/mol. The maximum Gasteiger partial charge on any atom is 0.417 e. The van der Waals surface area contributed by atoms with Crippen LogP contribution in [0.3, 0.4) is 0 Å². The Hall–Kier alpha value is -3.37. The van der Waals surface area contributed by atoms with E-state index in [1.807, 2.05) is 18.2 Å². The van der Waals surface area contributed by atoms with Crippen molar-refractivity contribution in [1.29, 1.82) is 0 Å². The van der Waals surface area contributed by atoms with Crippen LogP contribution in [0.5, 0.6) is 6.01 Å². The number of aromatic nitrogens is 3. The Morgan fingerprint density at radius 3 is 2.62 bits per heavy atom. The predicted molar refractivity (Wildman–Crippen MR) is 145 cm³/mol. The van der Waals surface area contributed by atoms with E-state index in [1.165, 1.54) is 6.07 Å². The van der Waals surface area contributed by atoms with Crippen LogP contribution in [0.25, 0.3) is 32.9 Å². The number of ether oxygens (including phenoxy) is 1. The fourth-order valence-corrected chi connectivity index (χ4v) is 6.54. The Morgan fingerprint density at radius 2 is 1.87 bits per heavy atom. The van der Waals surface area contributed by atoms with Crippen molar-refractivity contribution in [2.75, 3.05) is 38.2 Å². The first-order valence-electron chi connectivity index (χ1n) is 13.7.